The number of carbonyl (C=O) groups excluding carboxylic acids is 1. The topological polar surface area (TPSA) is 60.5 Å². The van der Waals surface area contributed by atoms with Crippen LogP contribution in [-0.4, -0.2) is 51.2 Å². The number of hydrogen-bond acceptors (Lipinski definition) is 5. The molecular weight excluding hydrogens is 338 g/mol. The standard InChI is InChI=1S/C18H23N5O.ClH/c1-22(2)15-5-3-4-14(12-15)18(24)21-17-7-6-16(13-20-17)23-10-8-19-9-11-23;/h3-7,12-13,19H,8-11H2,1-2H3,(H,20,21,24);1H. The van der Waals surface area contributed by atoms with Crippen molar-refractivity contribution in [2.45, 2.75) is 0 Å². The molecule has 0 bridgehead atoms. The molecule has 7 heteroatoms. The minimum absolute atomic E-state index is 0. The molecule has 1 amide bonds. The molecule has 25 heavy (non-hydrogen) atoms. The summed E-state index contributed by atoms with van der Waals surface area (Å²) >= 11 is 0. The molecule has 2 N–H and O–H groups in total. The summed E-state index contributed by atoms with van der Waals surface area (Å²) < 4.78 is 0. The second-order valence-electron chi connectivity index (χ2n) is 6.04. The maximum Gasteiger partial charge on any atom is 0.256 e. The van der Waals surface area contributed by atoms with Crippen LogP contribution in [0.15, 0.2) is 42.6 Å². The number of halogens is 1. The van der Waals surface area contributed by atoms with Crippen molar-refractivity contribution in [1.29, 1.82) is 0 Å². The highest BCUT2D eigenvalue weighted by Gasteiger charge is 2.12. The Hall–Kier alpha value is -2.31. The van der Waals surface area contributed by atoms with Crippen LogP contribution in [0.1, 0.15) is 10.4 Å². The Morgan fingerprint density at radius 1 is 1.20 bits per heavy atom. The molecule has 1 fully saturated rings. The van der Waals surface area contributed by atoms with Crippen molar-refractivity contribution in [3.05, 3.63) is 48.2 Å². The number of benzene rings is 1. The van der Waals surface area contributed by atoms with Gasteiger partial charge in [0.15, 0.2) is 0 Å². The van der Waals surface area contributed by atoms with Gasteiger partial charge in [0.2, 0.25) is 0 Å². The van der Waals surface area contributed by atoms with Gasteiger partial charge in [-0.15, -0.1) is 12.4 Å². The van der Waals surface area contributed by atoms with Crippen molar-refractivity contribution in [3.8, 4) is 0 Å². The molecule has 6 nitrogen and oxygen atoms in total. The van der Waals surface area contributed by atoms with Crippen LogP contribution in [0.5, 0.6) is 0 Å². The normalized spacial score (nSPS) is 13.8. The van der Waals surface area contributed by atoms with Crippen LogP contribution >= 0.6 is 12.4 Å². The van der Waals surface area contributed by atoms with E-state index in [2.05, 4.69) is 20.5 Å². The second-order valence-corrected chi connectivity index (χ2v) is 6.04. The smallest absolute Gasteiger partial charge is 0.256 e. The quantitative estimate of drug-likeness (QED) is 0.874. The molecule has 0 unspecified atom stereocenters. The highest BCUT2D eigenvalue weighted by Crippen LogP contribution is 2.17. The molecule has 0 aliphatic carbocycles. The van der Waals surface area contributed by atoms with Gasteiger partial charge in [-0.3, -0.25) is 4.79 Å². The third-order valence-corrected chi connectivity index (χ3v) is 4.10. The van der Waals surface area contributed by atoms with E-state index in [1.807, 2.05) is 55.5 Å². The molecule has 0 saturated carbocycles. The number of carbonyl (C=O) groups is 1. The molecule has 0 radical (unpaired) electrons. The van der Waals surface area contributed by atoms with Crippen molar-refractivity contribution < 1.29 is 4.79 Å². The summed E-state index contributed by atoms with van der Waals surface area (Å²) in [7, 11) is 3.90. The van der Waals surface area contributed by atoms with Gasteiger partial charge in [-0.1, -0.05) is 6.07 Å². The number of amides is 1. The SMILES string of the molecule is CN(C)c1cccc(C(=O)Nc2ccc(N3CCNCC3)cn2)c1.Cl. The summed E-state index contributed by atoms with van der Waals surface area (Å²) in [5.41, 5.74) is 2.70. The zero-order valence-corrected chi connectivity index (χ0v) is 15.3. The van der Waals surface area contributed by atoms with Crippen molar-refractivity contribution in [2.75, 3.05) is 55.4 Å². The Morgan fingerprint density at radius 2 is 1.96 bits per heavy atom. The zero-order chi connectivity index (χ0) is 16.9. The summed E-state index contributed by atoms with van der Waals surface area (Å²) in [5, 5.41) is 6.19. The van der Waals surface area contributed by atoms with Gasteiger partial charge in [-0.25, -0.2) is 4.98 Å². The molecule has 1 saturated heterocycles. The highest BCUT2D eigenvalue weighted by molar-refractivity contribution is 6.04. The van der Waals surface area contributed by atoms with Gasteiger partial charge in [0.1, 0.15) is 5.82 Å². The Labute approximate surface area is 154 Å². The first kappa shape index (κ1) is 19.0. The number of rotatable bonds is 4. The van der Waals surface area contributed by atoms with Crippen molar-refractivity contribution in [1.82, 2.24) is 10.3 Å². The molecule has 134 valence electrons. The second kappa shape index (κ2) is 8.69. The summed E-state index contributed by atoms with van der Waals surface area (Å²) in [6.07, 6.45) is 1.82. The minimum atomic E-state index is -0.152. The van der Waals surface area contributed by atoms with Crippen LogP contribution in [0.2, 0.25) is 0 Å². The van der Waals surface area contributed by atoms with Crippen LogP contribution in [0, 0.1) is 0 Å². The molecule has 1 aromatic heterocycles. The third kappa shape index (κ3) is 4.84. The van der Waals surface area contributed by atoms with Crippen molar-refractivity contribution in [2.24, 2.45) is 0 Å². The van der Waals surface area contributed by atoms with Gasteiger partial charge in [0.05, 0.1) is 11.9 Å². The van der Waals surface area contributed by atoms with E-state index in [0.717, 1.165) is 37.6 Å². The van der Waals surface area contributed by atoms with Crippen LogP contribution < -0.4 is 20.4 Å². The first-order chi connectivity index (χ1) is 11.6. The molecule has 1 aliphatic heterocycles. The lowest BCUT2D eigenvalue weighted by Gasteiger charge is -2.29. The first-order valence-corrected chi connectivity index (χ1v) is 8.14. The molecular formula is C18H24ClN5O. The molecule has 2 heterocycles. The van der Waals surface area contributed by atoms with Crippen molar-refractivity contribution in [3.63, 3.8) is 0 Å². The van der Waals surface area contributed by atoms with Gasteiger partial charge in [0.25, 0.3) is 5.91 Å². The average Bonchev–Trinajstić information content (AvgIpc) is 2.63. The number of nitrogens with one attached hydrogen (secondary N) is 2. The predicted molar refractivity (Wildman–Crippen MR) is 105 cm³/mol. The van der Waals surface area contributed by atoms with Gasteiger partial charge < -0.3 is 20.4 Å². The summed E-state index contributed by atoms with van der Waals surface area (Å²) in [6.45, 7) is 3.93. The van der Waals surface area contributed by atoms with Crippen LogP contribution in [0.25, 0.3) is 0 Å². The minimum Gasteiger partial charge on any atom is -0.378 e. The number of pyridine rings is 1. The van der Waals surface area contributed by atoms with Crippen LogP contribution in [0.4, 0.5) is 17.2 Å². The van der Waals surface area contributed by atoms with E-state index in [4.69, 9.17) is 0 Å². The number of nitrogens with zero attached hydrogens (tertiary/aromatic N) is 3. The molecule has 0 spiro atoms. The van der Waals surface area contributed by atoms with E-state index in [1.54, 1.807) is 6.07 Å². The zero-order valence-electron chi connectivity index (χ0n) is 14.5. The summed E-state index contributed by atoms with van der Waals surface area (Å²) in [5.74, 6) is 0.412. The maximum absolute atomic E-state index is 12.4. The number of aromatic nitrogens is 1. The van der Waals surface area contributed by atoms with Gasteiger partial charge in [-0.05, 0) is 30.3 Å². The fraction of sp³-hybridized carbons (Fsp3) is 0.333. The van der Waals surface area contributed by atoms with E-state index >= 15 is 0 Å². The molecule has 1 aliphatic rings. The fourth-order valence-electron chi connectivity index (χ4n) is 2.68. The van der Waals surface area contributed by atoms with E-state index in [1.165, 1.54) is 0 Å². The number of anilines is 3. The molecule has 3 rings (SSSR count). The fourth-order valence-corrected chi connectivity index (χ4v) is 2.68. The third-order valence-electron chi connectivity index (χ3n) is 4.10. The van der Waals surface area contributed by atoms with Crippen molar-refractivity contribution >= 4 is 35.5 Å². The lowest BCUT2D eigenvalue weighted by molar-refractivity contribution is 0.102. The molecule has 0 atom stereocenters. The summed E-state index contributed by atoms with van der Waals surface area (Å²) in [6, 6.07) is 11.4. The maximum atomic E-state index is 12.4. The van der Waals surface area contributed by atoms with E-state index in [9.17, 15) is 4.79 Å². The first-order valence-electron chi connectivity index (χ1n) is 8.14. The van der Waals surface area contributed by atoms with Gasteiger partial charge in [-0.2, -0.15) is 0 Å². The van der Waals surface area contributed by atoms with Gasteiger partial charge >= 0.3 is 0 Å². The molecule has 2 aromatic rings. The Morgan fingerprint density at radius 3 is 2.60 bits per heavy atom. The number of piperazine rings is 1. The lowest BCUT2D eigenvalue weighted by atomic mass is 10.2. The Bertz CT molecular complexity index is 699. The predicted octanol–water partition coefficient (Wildman–Crippen LogP) is 2.23. The molecule has 1 aromatic carbocycles. The average molecular weight is 362 g/mol. The van der Waals surface area contributed by atoms with E-state index in [0.29, 0.717) is 11.4 Å². The van der Waals surface area contributed by atoms with E-state index < -0.39 is 0 Å². The van der Waals surface area contributed by atoms with Crippen LogP contribution in [0.3, 0.4) is 0 Å². The lowest BCUT2D eigenvalue weighted by Crippen LogP contribution is -2.43. The largest absolute Gasteiger partial charge is 0.378 e. The van der Waals surface area contributed by atoms with Gasteiger partial charge in [0, 0.05) is 51.5 Å². The summed E-state index contributed by atoms with van der Waals surface area (Å²) in [4.78, 5) is 21.0. The Kier molecular flexibility index (Phi) is 6.61. The monoisotopic (exact) mass is 361 g/mol. The van der Waals surface area contributed by atoms with E-state index in [-0.39, 0.29) is 18.3 Å². The van der Waals surface area contributed by atoms with Crippen LogP contribution in [-0.2, 0) is 0 Å². The highest BCUT2D eigenvalue weighted by atomic mass is 35.5. The number of hydrogen-bond donors (Lipinski definition) is 2. The Balaban J connectivity index is 0.00000225.